The zero-order valence-corrected chi connectivity index (χ0v) is 15.7. The number of carbonyl (C=O) groups is 2. The van der Waals surface area contributed by atoms with Crippen LogP contribution in [0.25, 0.3) is 0 Å². The molecule has 1 saturated heterocycles. The fourth-order valence-corrected chi connectivity index (χ4v) is 3.11. The van der Waals surface area contributed by atoms with Crippen molar-refractivity contribution < 1.29 is 14.3 Å². The van der Waals surface area contributed by atoms with Crippen molar-refractivity contribution in [3.05, 3.63) is 45.7 Å². The van der Waals surface area contributed by atoms with Gasteiger partial charge in [0.15, 0.2) is 0 Å². The molecule has 0 atom stereocenters. The van der Waals surface area contributed by atoms with Crippen LogP contribution in [-0.2, 0) is 11.3 Å². The Labute approximate surface area is 160 Å². The first-order valence-corrected chi connectivity index (χ1v) is 8.96. The van der Waals surface area contributed by atoms with Gasteiger partial charge < -0.3 is 15.0 Å². The smallest absolute Gasteiger partial charge is 0.274 e. The van der Waals surface area contributed by atoms with E-state index in [0.29, 0.717) is 44.2 Å². The van der Waals surface area contributed by atoms with Crippen molar-refractivity contribution >= 4 is 40.7 Å². The predicted octanol–water partition coefficient (Wildman–Crippen LogP) is 2.93. The molecule has 0 radical (unpaired) electrons. The highest BCUT2D eigenvalue weighted by Gasteiger charge is 2.26. The Hall–Kier alpha value is -2.09. The Morgan fingerprint density at radius 2 is 2.00 bits per heavy atom. The van der Waals surface area contributed by atoms with Crippen LogP contribution in [0.5, 0.6) is 0 Å². The van der Waals surface area contributed by atoms with Crippen molar-refractivity contribution in [2.75, 3.05) is 31.6 Å². The lowest BCUT2D eigenvalue weighted by Gasteiger charge is -2.27. The largest absolute Gasteiger partial charge is 0.378 e. The lowest BCUT2D eigenvalue weighted by atomic mass is 10.2. The molecule has 3 rings (SSSR count). The zero-order chi connectivity index (χ0) is 18.7. The number of aromatic nitrogens is 2. The van der Waals surface area contributed by atoms with Gasteiger partial charge in [-0.15, -0.1) is 0 Å². The van der Waals surface area contributed by atoms with Gasteiger partial charge in [0.1, 0.15) is 5.69 Å². The van der Waals surface area contributed by atoms with Gasteiger partial charge in [0.2, 0.25) is 0 Å². The topological polar surface area (TPSA) is 76.5 Å². The van der Waals surface area contributed by atoms with Crippen LogP contribution >= 0.6 is 23.2 Å². The van der Waals surface area contributed by atoms with E-state index in [9.17, 15) is 9.59 Å². The number of ether oxygens (including phenoxy) is 1. The molecule has 138 valence electrons. The third-order valence-corrected chi connectivity index (χ3v) is 4.90. The van der Waals surface area contributed by atoms with Crippen LogP contribution in [0.3, 0.4) is 0 Å². The standard InChI is InChI=1S/C17H18Cl2N4O3/c1-2-23-15(17(25)22-6-8-26-9-7-22)13(10-20-23)21-16(24)11-4-3-5-12(18)14(11)19/h3-5,10H,2,6-9H2,1H3,(H,21,24). The summed E-state index contributed by atoms with van der Waals surface area (Å²) in [6, 6.07) is 4.80. The number of aryl methyl sites for hydroxylation is 1. The van der Waals surface area contributed by atoms with E-state index in [4.69, 9.17) is 27.9 Å². The number of anilines is 1. The number of hydrogen-bond acceptors (Lipinski definition) is 4. The third kappa shape index (κ3) is 3.70. The van der Waals surface area contributed by atoms with Gasteiger partial charge in [-0.1, -0.05) is 29.3 Å². The summed E-state index contributed by atoms with van der Waals surface area (Å²) in [6.45, 7) is 4.36. The van der Waals surface area contributed by atoms with Gasteiger partial charge in [-0.3, -0.25) is 14.3 Å². The molecule has 0 saturated carbocycles. The second kappa shape index (κ2) is 8.07. The molecule has 1 fully saturated rings. The molecule has 2 aromatic rings. The summed E-state index contributed by atoms with van der Waals surface area (Å²) in [5.74, 6) is -0.649. The minimum atomic E-state index is -0.454. The zero-order valence-electron chi connectivity index (χ0n) is 14.2. The quantitative estimate of drug-likeness (QED) is 0.861. The molecule has 0 spiro atoms. The van der Waals surface area contributed by atoms with Gasteiger partial charge in [-0.2, -0.15) is 5.10 Å². The van der Waals surface area contributed by atoms with Gasteiger partial charge in [-0.05, 0) is 19.1 Å². The number of rotatable bonds is 4. The molecule has 7 nitrogen and oxygen atoms in total. The maximum absolute atomic E-state index is 12.9. The first kappa shape index (κ1) is 18.7. The van der Waals surface area contributed by atoms with Crippen molar-refractivity contribution in [1.82, 2.24) is 14.7 Å². The van der Waals surface area contributed by atoms with E-state index >= 15 is 0 Å². The van der Waals surface area contributed by atoms with Crippen LogP contribution in [-0.4, -0.2) is 52.8 Å². The van der Waals surface area contributed by atoms with E-state index in [1.807, 2.05) is 6.92 Å². The molecule has 0 bridgehead atoms. The number of amides is 2. The van der Waals surface area contributed by atoms with Crippen LogP contribution in [0.4, 0.5) is 5.69 Å². The Morgan fingerprint density at radius 3 is 2.69 bits per heavy atom. The SMILES string of the molecule is CCn1ncc(NC(=O)c2cccc(Cl)c2Cl)c1C(=O)N1CCOCC1. The number of halogens is 2. The van der Waals surface area contributed by atoms with Gasteiger partial charge in [0, 0.05) is 19.6 Å². The molecule has 1 aliphatic rings. The summed E-state index contributed by atoms with van der Waals surface area (Å²) in [5, 5.41) is 7.37. The minimum absolute atomic E-state index is 0.163. The molecule has 9 heteroatoms. The van der Waals surface area contributed by atoms with Crippen LogP contribution in [0.15, 0.2) is 24.4 Å². The summed E-state index contributed by atoms with van der Waals surface area (Å²) >= 11 is 12.1. The van der Waals surface area contributed by atoms with Crippen molar-refractivity contribution in [3.8, 4) is 0 Å². The molecule has 1 N–H and O–H groups in total. The predicted molar refractivity (Wildman–Crippen MR) is 99.0 cm³/mol. The Morgan fingerprint density at radius 1 is 1.27 bits per heavy atom. The maximum Gasteiger partial charge on any atom is 0.274 e. The number of hydrogen-bond donors (Lipinski definition) is 1. The number of morpholine rings is 1. The van der Waals surface area contributed by atoms with Gasteiger partial charge in [-0.25, -0.2) is 0 Å². The van der Waals surface area contributed by atoms with Crippen LogP contribution in [0, 0.1) is 0 Å². The van der Waals surface area contributed by atoms with E-state index in [-0.39, 0.29) is 21.5 Å². The number of nitrogens with zero attached hydrogens (tertiary/aromatic N) is 3. The van der Waals surface area contributed by atoms with E-state index in [0.717, 1.165) is 0 Å². The van der Waals surface area contributed by atoms with E-state index in [1.165, 1.54) is 6.20 Å². The summed E-state index contributed by atoms with van der Waals surface area (Å²) in [6.07, 6.45) is 1.47. The normalized spacial score (nSPS) is 14.3. The molecule has 2 heterocycles. The molecule has 0 unspecified atom stereocenters. The Bertz CT molecular complexity index is 831. The van der Waals surface area contributed by atoms with Crippen LogP contribution < -0.4 is 5.32 Å². The summed E-state index contributed by atoms with van der Waals surface area (Å²) < 4.78 is 6.85. The fourth-order valence-electron chi connectivity index (χ4n) is 2.73. The highest BCUT2D eigenvalue weighted by Crippen LogP contribution is 2.27. The Balaban J connectivity index is 1.88. The summed E-state index contributed by atoms with van der Waals surface area (Å²) in [4.78, 5) is 27.2. The van der Waals surface area contributed by atoms with Crippen molar-refractivity contribution in [2.45, 2.75) is 13.5 Å². The minimum Gasteiger partial charge on any atom is -0.378 e. The lowest BCUT2D eigenvalue weighted by molar-refractivity contribution is 0.0295. The highest BCUT2D eigenvalue weighted by molar-refractivity contribution is 6.44. The van der Waals surface area contributed by atoms with Crippen molar-refractivity contribution in [3.63, 3.8) is 0 Å². The van der Waals surface area contributed by atoms with Crippen molar-refractivity contribution in [1.29, 1.82) is 0 Å². The second-order valence-electron chi connectivity index (χ2n) is 5.68. The fraction of sp³-hybridized carbons (Fsp3) is 0.353. The van der Waals surface area contributed by atoms with Crippen molar-refractivity contribution in [2.24, 2.45) is 0 Å². The molecular weight excluding hydrogens is 379 g/mol. The molecule has 1 aliphatic heterocycles. The first-order chi connectivity index (χ1) is 12.5. The average Bonchev–Trinajstić information content (AvgIpc) is 3.06. The lowest BCUT2D eigenvalue weighted by Crippen LogP contribution is -2.41. The van der Waals surface area contributed by atoms with E-state index in [2.05, 4.69) is 10.4 Å². The van der Waals surface area contributed by atoms with E-state index < -0.39 is 5.91 Å². The third-order valence-electron chi connectivity index (χ3n) is 4.08. The molecule has 26 heavy (non-hydrogen) atoms. The molecular formula is C17H18Cl2N4O3. The number of benzene rings is 1. The number of nitrogens with one attached hydrogen (secondary N) is 1. The molecule has 1 aromatic carbocycles. The first-order valence-electron chi connectivity index (χ1n) is 8.21. The second-order valence-corrected chi connectivity index (χ2v) is 6.47. The maximum atomic E-state index is 12.9. The Kier molecular flexibility index (Phi) is 5.80. The number of carbonyl (C=O) groups excluding carboxylic acids is 2. The van der Waals surface area contributed by atoms with Crippen LogP contribution in [0.1, 0.15) is 27.8 Å². The van der Waals surface area contributed by atoms with E-state index in [1.54, 1.807) is 27.8 Å². The summed E-state index contributed by atoms with van der Waals surface area (Å²) in [7, 11) is 0. The average molecular weight is 397 g/mol. The molecule has 0 aliphatic carbocycles. The van der Waals surface area contributed by atoms with Gasteiger partial charge in [0.05, 0.1) is 40.7 Å². The highest BCUT2D eigenvalue weighted by atomic mass is 35.5. The van der Waals surface area contributed by atoms with Gasteiger partial charge in [0.25, 0.3) is 11.8 Å². The van der Waals surface area contributed by atoms with Gasteiger partial charge >= 0.3 is 0 Å². The summed E-state index contributed by atoms with van der Waals surface area (Å²) in [5.41, 5.74) is 0.901. The molecule has 2 amide bonds. The van der Waals surface area contributed by atoms with Crippen LogP contribution in [0.2, 0.25) is 10.0 Å². The monoisotopic (exact) mass is 396 g/mol. The molecule has 1 aromatic heterocycles.